The van der Waals surface area contributed by atoms with Crippen LogP contribution in [0.3, 0.4) is 0 Å². The highest BCUT2D eigenvalue weighted by atomic mass is 32.2. The second-order valence-electron chi connectivity index (χ2n) is 4.51. The predicted molar refractivity (Wildman–Crippen MR) is 76.1 cm³/mol. The SMILES string of the molecule is CCS(=O)(=O)NCC(C)NCc1cccc(CO)c1. The lowest BCUT2D eigenvalue weighted by molar-refractivity contribution is 0.281. The van der Waals surface area contributed by atoms with E-state index in [0.717, 1.165) is 11.1 Å². The summed E-state index contributed by atoms with van der Waals surface area (Å²) in [6.07, 6.45) is 0. The Bertz CT molecular complexity index is 488. The Balaban J connectivity index is 2.39. The van der Waals surface area contributed by atoms with Gasteiger partial charge < -0.3 is 10.4 Å². The van der Waals surface area contributed by atoms with E-state index in [4.69, 9.17) is 5.11 Å². The van der Waals surface area contributed by atoms with Gasteiger partial charge in [0, 0.05) is 19.1 Å². The van der Waals surface area contributed by atoms with Gasteiger partial charge in [0.2, 0.25) is 10.0 Å². The molecule has 1 rings (SSSR count). The summed E-state index contributed by atoms with van der Waals surface area (Å²) < 4.78 is 25.1. The maximum Gasteiger partial charge on any atom is 0.211 e. The fourth-order valence-electron chi connectivity index (χ4n) is 1.56. The average Bonchev–Trinajstić information content (AvgIpc) is 2.43. The van der Waals surface area contributed by atoms with Crippen LogP contribution < -0.4 is 10.0 Å². The van der Waals surface area contributed by atoms with Crippen LogP contribution in [0.25, 0.3) is 0 Å². The van der Waals surface area contributed by atoms with Crippen molar-refractivity contribution in [1.29, 1.82) is 0 Å². The highest BCUT2D eigenvalue weighted by molar-refractivity contribution is 7.89. The number of sulfonamides is 1. The van der Waals surface area contributed by atoms with E-state index in [2.05, 4.69) is 10.0 Å². The molecule has 19 heavy (non-hydrogen) atoms. The van der Waals surface area contributed by atoms with E-state index in [1.54, 1.807) is 6.92 Å². The molecule has 3 N–H and O–H groups in total. The van der Waals surface area contributed by atoms with E-state index >= 15 is 0 Å². The Morgan fingerprint density at radius 3 is 2.63 bits per heavy atom. The van der Waals surface area contributed by atoms with Crippen LogP contribution in [0, 0.1) is 0 Å². The Morgan fingerprint density at radius 2 is 2.00 bits per heavy atom. The molecule has 108 valence electrons. The number of benzene rings is 1. The normalized spacial score (nSPS) is 13.4. The lowest BCUT2D eigenvalue weighted by Crippen LogP contribution is -2.39. The molecule has 5 nitrogen and oxygen atoms in total. The first-order valence-corrected chi connectivity index (χ1v) is 8.01. The molecule has 0 saturated heterocycles. The summed E-state index contributed by atoms with van der Waals surface area (Å²) in [5.74, 6) is 0.0955. The average molecular weight is 286 g/mol. The van der Waals surface area contributed by atoms with Gasteiger partial charge in [-0.1, -0.05) is 24.3 Å². The van der Waals surface area contributed by atoms with Crippen LogP contribution in [0.15, 0.2) is 24.3 Å². The lowest BCUT2D eigenvalue weighted by Gasteiger charge is -2.14. The largest absolute Gasteiger partial charge is 0.392 e. The van der Waals surface area contributed by atoms with Gasteiger partial charge in [-0.15, -0.1) is 0 Å². The minimum atomic E-state index is -3.13. The van der Waals surface area contributed by atoms with Crippen LogP contribution in [-0.2, 0) is 23.2 Å². The van der Waals surface area contributed by atoms with Crippen molar-refractivity contribution in [1.82, 2.24) is 10.0 Å². The van der Waals surface area contributed by atoms with E-state index < -0.39 is 10.0 Å². The molecular weight excluding hydrogens is 264 g/mol. The lowest BCUT2D eigenvalue weighted by atomic mass is 10.1. The second-order valence-corrected chi connectivity index (χ2v) is 6.61. The minimum absolute atomic E-state index is 0.0275. The number of hydrogen-bond acceptors (Lipinski definition) is 4. The van der Waals surface area contributed by atoms with Gasteiger partial charge in [-0.05, 0) is 25.0 Å². The summed E-state index contributed by atoms with van der Waals surface area (Å²) >= 11 is 0. The van der Waals surface area contributed by atoms with Gasteiger partial charge in [0.15, 0.2) is 0 Å². The third-order valence-corrected chi connectivity index (χ3v) is 4.18. The first-order chi connectivity index (χ1) is 8.96. The number of aliphatic hydroxyl groups is 1. The summed E-state index contributed by atoms with van der Waals surface area (Å²) in [5.41, 5.74) is 1.94. The van der Waals surface area contributed by atoms with Crippen LogP contribution in [0.1, 0.15) is 25.0 Å². The van der Waals surface area contributed by atoms with Crippen LogP contribution in [0.4, 0.5) is 0 Å². The number of nitrogens with one attached hydrogen (secondary N) is 2. The van der Waals surface area contributed by atoms with Gasteiger partial charge >= 0.3 is 0 Å². The first kappa shape index (κ1) is 16.1. The standard InChI is InChI=1S/C13H22N2O3S/c1-3-19(17,18)15-8-11(2)14-9-12-5-4-6-13(7-12)10-16/h4-7,11,14-16H,3,8-10H2,1-2H3. The summed E-state index contributed by atoms with van der Waals surface area (Å²) in [6, 6.07) is 7.69. The molecule has 6 heteroatoms. The molecule has 0 aromatic heterocycles. The van der Waals surface area contributed by atoms with Crippen LogP contribution >= 0.6 is 0 Å². The van der Waals surface area contributed by atoms with Gasteiger partial charge in [-0.25, -0.2) is 13.1 Å². The highest BCUT2D eigenvalue weighted by Crippen LogP contribution is 2.05. The van der Waals surface area contributed by atoms with Crippen molar-refractivity contribution < 1.29 is 13.5 Å². The van der Waals surface area contributed by atoms with Gasteiger partial charge in [-0.3, -0.25) is 0 Å². The molecule has 0 bridgehead atoms. The molecule has 1 unspecified atom stereocenters. The van der Waals surface area contributed by atoms with E-state index in [0.29, 0.717) is 13.1 Å². The quantitative estimate of drug-likeness (QED) is 0.654. The molecule has 1 atom stereocenters. The molecule has 0 spiro atoms. The van der Waals surface area contributed by atoms with E-state index in [1.807, 2.05) is 31.2 Å². The molecule has 0 aliphatic heterocycles. The van der Waals surface area contributed by atoms with E-state index in [9.17, 15) is 8.42 Å². The zero-order chi connectivity index (χ0) is 14.3. The highest BCUT2D eigenvalue weighted by Gasteiger charge is 2.08. The zero-order valence-electron chi connectivity index (χ0n) is 11.4. The summed E-state index contributed by atoms with van der Waals surface area (Å²) in [7, 11) is -3.13. The van der Waals surface area contributed by atoms with Crippen molar-refractivity contribution in [2.24, 2.45) is 0 Å². The topological polar surface area (TPSA) is 78.4 Å². The van der Waals surface area contributed by atoms with E-state index in [-0.39, 0.29) is 18.4 Å². The number of hydrogen-bond donors (Lipinski definition) is 3. The Kier molecular flexibility index (Phi) is 6.44. The molecule has 0 radical (unpaired) electrons. The third-order valence-electron chi connectivity index (χ3n) is 2.82. The Labute approximate surface area is 115 Å². The molecule has 0 fully saturated rings. The minimum Gasteiger partial charge on any atom is -0.392 e. The van der Waals surface area contributed by atoms with Crippen molar-refractivity contribution in [3.8, 4) is 0 Å². The third kappa shape index (κ3) is 6.15. The fourth-order valence-corrected chi connectivity index (χ4v) is 2.26. The van der Waals surface area contributed by atoms with Crippen molar-refractivity contribution >= 4 is 10.0 Å². The molecule has 1 aromatic rings. The van der Waals surface area contributed by atoms with Gasteiger partial charge in [0.25, 0.3) is 0 Å². The maximum absolute atomic E-state index is 11.3. The van der Waals surface area contributed by atoms with Gasteiger partial charge in [0.1, 0.15) is 0 Å². The predicted octanol–water partition coefficient (Wildman–Crippen LogP) is 0.596. The van der Waals surface area contributed by atoms with Crippen molar-refractivity contribution in [2.45, 2.75) is 33.0 Å². The van der Waals surface area contributed by atoms with Crippen LogP contribution in [-0.4, -0.2) is 31.9 Å². The summed E-state index contributed by atoms with van der Waals surface area (Å²) in [4.78, 5) is 0. The molecular formula is C13H22N2O3S. The maximum atomic E-state index is 11.3. The van der Waals surface area contributed by atoms with Crippen molar-refractivity contribution in [2.75, 3.05) is 12.3 Å². The van der Waals surface area contributed by atoms with Crippen LogP contribution in [0.5, 0.6) is 0 Å². The fraction of sp³-hybridized carbons (Fsp3) is 0.538. The molecule has 0 heterocycles. The number of aliphatic hydroxyl groups excluding tert-OH is 1. The first-order valence-electron chi connectivity index (χ1n) is 6.36. The van der Waals surface area contributed by atoms with Crippen LogP contribution in [0.2, 0.25) is 0 Å². The molecule has 0 aliphatic carbocycles. The van der Waals surface area contributed by atoms with E-state index in [1.165, 1.54) is 0 Å². The zero-order valence-corrected chi connectivity index (χ0v) is 12.2. The van der Waals surface area contributed by atoms with Crippen molar-refractivity contribution in [3.63, 3.8) is 0 Å². The molecule has 0 saturated carbocycles. The number of rotatable bonds is 8. The molecule has 0 amide bonds. The second kappa shape index (κ2) is 7.59. The smallest absolute Gasteiger partial charge is 0.211 e. The van der Waals surface area contributed by atoms with Gasteiger partial charge in [-0.2, -0.15) is 0 Å². The Hall–Kier alpha value is -0.950. The summed E-state index contributed by atoms with van der Waals surface area (Å²) in [5, 5.41) is 12.3. The monoisotopic (exact) mass is 286 g/mol. The Morgan fingerprint density at radius 1 is 1.32 bits per heavy atom. The molecule has 1 aromatic carbocycles. The van der Waals surface area contributed by atoms with Gasteiger partial charge in [0.05, 0.1) is 12.4 Å². The molecule has 0 aliphatic rings. The van der Waals surface area contributed by atoms with Crippen molar-refractivity contribution in [3.05, 3.63) is 35.4 Å². The summed E-state index contributed by atoms with van der Waals surface area (Å²) in [6.45, 7) is 4.58.